The predicted molar refractivity (Wildman–Crippen MR) is 128 cm³/mol. The van der Waals surface area contributed by atoms with Crippen molar-refractivity contribution in [3.05, 3.63) is 87.3 Å². The Kier molecular flexibility index (Phi) is 4.91. The van der Waals surface area contributed by atoms with Crippen LogP contribution >= 0.6 is 22.9 Å². The lowest BCUT2D eigenvalue weighted by atomic mass is 9.70. The molecule has 3 aromatic carbocycles. The number of aromatic carboxylic acids is 1. The lowest BCUT2D eigenvalue weighted by molar-refractivity contribution is -0.124. The Hall–Kier alpha value is -3.43. The molecule has 5 rings (SSSR count). The number of carboxylic acid groups (broad SMARTS) is 1. The molecule has 2 unspecified atom stereocenters. The monoisotopic (exact) mass is 479 g/mol. The summed E-state index contributed by atoms with van der Waals surface area (Å²) in [7, 11) is 0. The van der Waals surface area contributed by atoms with Crippen molar-refractivity contribution in [3.63, 3.8) is 0 Å². The van der Waals surface area contributed by atoms with Gasteiger partial charge in [0.05, 0.1) is 15.8 Å². The summed E-state index contributed by atoms with van der Waals surface area (Å²) in [5.74, 6) is -0.700. The third-order valence-electron chi connectivity index (χ3n) is 5.87. The average Bonchev–Trinajstić information content (AvgIpc) is 3.21. The second-order valence-electron chi connectivity index (χ2n) is 7.77. The van der Waals surface area contributed by atoms with Crippen LogP contribution in [0, 0.1) is 0 Å². The maximum Gasteiger partial charge on any atom is 0.346 e. The molecule has 1 aliphatic carbocycles. The summed E-state index contributed by atoms with van der Waals surface area (Å²) in [4.78, 5) is 25.4. The highest BCUT2D eigenvalue weighted by molar-refractivity contribution is 7.21. The van der Waals surface area contributed by atoms with Gasteiger partial charge in [0, 0.05) is 16.6 Å². The van der Waals surface area contributed by atoms with Gasteiger partial charge in [-0.3, -0.25) is 4.79 Å². The number of nitrogens with two attached hydrogens (primary N) is 3. The summed E-state index contributed by atoms with van der Waals surface area (Å²) in [6.45, 7) is 0. The molecule has 1 aromatic heterocycles. The second kappa shape index (κ2) is 7.57. The molecule has 0 saturated heterocycles. The predicted octanol–water partition coefficient (Wildman–Crippen LogP) is 4.41. The van der Waals surface area contributed by atoms with Crippen LogP contribution in [0.2, 0.25) is 5.02 Å². The molecular formula is C24H18ClN3O4S. The van der Waals surface area contributed by atoms with Gasteiger partial charge in [-0.15, -0.1) is 11.3 Å². The normalized spacial score (nSPS) is 19.6. The maximum absolute atomic E-state index is 13.6. The molecule has 7 nitrogen and oxygen atoms in total. The van der Waals surface area contributed by atoms with Gasteiger partial charge < -0.3 is 27.0 Å². The third kappa shape index (κ3) is 3.11. The van der Waals surface area contributed by atoms with Gasteiger partial charge in [0.2, 0.25) is 0 Å². The molecule has 0 spiro atoms. The van der Waals surface area contributed by atoms with E-state index in [4.69, 9.17) is 33.5 Å². The molecule has 9 heteroatoms. The smallest absolute Gasteiger partial charge is 0.346 e. The van der Waals surface area contributed by atoms with Crippen molar-refractivity contribution in [2.24, 2.45) is 11.5 Å². The highest BCUT2D eigenvalue weighted by atomic mass is 35.5. The number of carbonyl (C=O) groups excluding carboxylic acids is 1. The molecule has 0 radical (unpaired) electrons. The van der Waals surface area contributed by atoms with E-state index in [1.165, 1.54) is 0 Å². The molecule has 166 valence electrons. The van der Waals surface area contributed by atoms with E-state index in [1.54, 1.807) is 42.5 Å². The van der Waals surface area contributed by atoms with Crippen molar-refractivity contribution in [2.75, 3.05) is 5.73 Å². The largest absolute Gasteiger partial charge is 0.477 e. The van der Waals surface area contributed by atoms with E-state index in [-0.39, 0.29) is 15.5 Å². The number of ketones is 1. The summed E-state index contributed by atoms with van der Waals surface area (Å²) in [5.41, 5.74) is 19.0. The number of para-hydroxylation sites is 1. The number of ether oxygens (including phenoxy) is 1. The van der Waals surface area contributed by atoms with E-state index in [9.17, 15) is 14.7 Å². The van der Waals surface area contributed by atoms with E-state index < -0.39 is 23.3 Å². The first-order chi connectivity index (χ1) is 15.7. The van der Waals surface area contributed by atoms with Crippen molar-refractivity contribution in [2.45, 2.75) is 11.6 Å². The fraction of sp³-hybridized carbons (Fsp3) is 0.0833. The molecule has 0 fully saturated rings. The third-order valence-corrected chi connectivity index (χ3v) is 7.40. The number of rotatable bonds is 4. The average molecular weight is 480 g/mol. The van der Waals surface area contributed by atoms with E-state index in [1.807, 2.05) is 18.2 Å². The zero-order valence-electron chi connectivity index (χ0n) is 17.0. The Morgan fingerprint density at radius 2 is 1.85 bits per heavy atom. The number of thiophene rings is 1. The minimum atomic E-state index is -1.65. The number of Topliss-reactive ketones (excluding diaryl/α,β-unsaturated/α-hetero) is 1. The first kappa shape index (κ1) is 21.4. The van der Waals surface area contributed by atoms with Crippen LogP contribution in [0.3, 0.4) is 0 Å². The summed E-state index contributed by atoms with van der Waals surface area (Å²) < 4.78 is 6.36. The Balaban J connectivity index is 1.69. The number of carboxylic acids is 1. The summed E-state index contributed by atoms with van der Waals surface area (Å²) in [5, 5.41) is 10.5. The van der Waals surface area contributed by atoms with Gasteiger partial charge in [-0.25, -0.2) is 4.79 Å². The highest BCUT2D eigenvalue weighted by Crippen LogP contribution is 2.50. The Labute approximate surface area is 197 Å². The molecule has 33 heavy (non-hydrogen) atoms. The minimum Gasteiger partial charge on any atom is -0.477 e. The molecular weight excluding hydrogens is 462 g/mol. The standard InChI is InChI=1S/C24H18ClN3O4S/c25-14-10-11(6-9-16(14)32-12-4-2-1-3-5-12)24(28)13-7-8-15(26)20-17(13)18(19(27)22(24)29)21(33-20)23(30)31/h1-10,19H,26-28H2,(H,30,31). The van der Waals surface area contributed by atoms with E-state index in [2.05, 4.69) is 0 Å². The van der Waals surface area contributed by atoms with Crippen molar-refractivity contribution < 1.29 is 19.4 Å². The van der Waals surface area contributed by atoms with Gasteiger partial charge in [-0.05, 0) is 41.5 Å². The van der Waals surface area contributed by atoms with Gasteiger partial charge >= 0.3 is 5.97 Å². The van der Waals surface area contributed by atoms with Gasteiger partial charge in [-0.1, -0.05) is 41.9 Å². The van der Waals surface area contributed by atoms with Crippen LogP contribution in [0.4, 0.5) is 5.69 Å². The van der Waals surface area contributed by atoms with Gasteiger partial charge in [0.1, 0.15) is 21.9 Å². The van der Waals surface area contributed by atoms with Crippen molar-refractivity contribution in [1.82, 2.24) is 0 Å². The number of anilines is 1. The van der Waals surface area contributed by atoms with E-state index in [0.717, 1.165) is 11.3 Å². The summed E-state index contributed by atoms with van der Waals surface area (Å²) in [6, 6.07) is 16.0. The quantitative estimate of drug-likeness (QED) is 0.317. The molecule has 1 heterocycles. The van der Waals surface area contributed by atoms with E-state index in [0.29, 0.717) is 38.4 Å². The van der Waals surface area contributed by atoms with Crippen LogP contribution in [0.1, 0.15) is 32.4 Å². The van der Waals surface area contributed by atoms with Gasteiger partial charge in [0.15, 0.2) is 5.78 Å². The second-order valence-corrected chi connectivity index (χ2v) is 9.19. The maximum atomic E-state index is 13.6. The molecule has 0 bridgehead atoms. The number of carbonyl (C=O) groups is 2. The van der Waals surface area contributed by atoms with Crippen LogP contribution in [-0.4, -0.2) is 16.9 Å². The minimum absolute atomic E-state index is 0.0170. The number of nitrogen functional groups attached to an aromatic ring is 1. The molecule has 7 N–H and O–H groups in total. The molecule has 0 amide bonds. The molecule has 4 aromatic rings. The molecule has 0 saturated carbocycles. The zero-order valence-corrected chi connectivity index (χ0v) is 18.6. The first-order valence-corrected chi connectivity index (χ1v) is 11.1. The summed E-state index contributed by atoms with van der Waals surface area (Å²) in [6.07, 6.45) is 0. The number of benzene rings is 3. The fourth-order valence-corrected chi connectivity index (χ4v) is 5.64. The lowest BCUT2D eigenvalue weighted by Crippen LogP contribution is -2.52. The summed E-state index contributed by atoms with van der Waals surface area (Å²) >= 11 is 7.49. The van der Waals surface area contributed by atoms with Crippen LogP contribution in [-0.2, 0) is 10.3 Å². The molecule has 2 atom stereocenters. The number of hydrogen-bond donors (Lipinski definition) is 4. The fourth-order valence-electron chi connectivity index (χ4n) is 4.28. The first-order valence-electron chi connectivity index (χ1n) is 9.93. The molecule has 1 aliphatic rings. The number of hydrogen-bond acceptors (Lipinski definition) is 7. The van der Waals surface area contributed by atoms with Gasteiger partial charge in [-0.2, -0.15) is 0 Å². The highest BCUT2D eigenvalue weighted by Gasteiger charge is 2.49. The zero-order chi connectivity index (χ0) is 23.5. The topological polar surface area (TPSA) is 142 Å². The van der Waals surface area contributed by atoms with Gasteiger partial charge in [0.25, 0.3) is 0 Å². The lowest BCUT2D eigenvalue weighted by Gasteiger charge is -2.36. The Bertz CT molecular complexity index is 1450. The SMILES string of the molecule is Nc1ccc2c3c(c(C(=O)O)sc13)C(N)C(=O)C2(N)c1ccc(Oc2ccccc2)c(Cl)c1. The van der Waals surface area contributed by atoms with Crippen LogP contribution in [0.15, 0.2) is 60.7 Å². The van der Waals surface area contributed by atoms with Crippen molar-refractivity contribution in [3.8, 4) is 11.5 Å². The van der Waals surface area contributed by atoms with Crippen LogP contribution in [0.25, 0.3) is 10.1 Å². The Morgan fingerprint density at radius 1 is 1.12 bits per heavy atom. The van der Waals surface area contributed by atoms with E-state index >= 15 is 0 Å². The van der Waals surface area contributed by atoms with Crippen LogP contribution in [0.5, 0.6) is 11.5 Å². The van der Waals surface area contributed by atoms with Crippen LogP contribution < -0.4 is 21.9 Å². The number of halogens is 1. The Morgan fingerprint density at radius 3 is 2.52 bits per heavy atom. The molecule has 0 aliphatic heterocycles. The van der Waals surface area contributed by atoms with Crippen molar-refractivity contribution >= 4 is 50.5 Å². The van der Waals surface area contributed by atoms with Crippen molar-refractivity contribution in [1.29, 1.82) is 0 Å².